The topological polar surface area (TPSA) is 29.3 Å². The number of nitrogens with two attached hydrogens (primary N) is 1. The molecule has 0 bridgehead atoms. The first kappa shape index (κ1) is 12.4. The fourth-order valence-corrected chi connectivity index (χ4v) is 2.30. The van der Waals surface area contributed by atoms with E-state index in [1.807, 2.05) is 0 Å². The van der Waals surface area contributed by atoms with E-state index in [0.717, 1.165) is 31.1 Å². The molecule has 0 atom stereocenters. The Morgan fingerprint density at radius 2 is 2.18 bits per heavy atom. The highest BCUT2D eigenvalue weighted by molar-refractivity contribution is 5.46. The maximum absolute atomic E-state index is 13.2. The smallest absolute Gasteiger partial charge is 0.123 e. The van der Waals surface area contributed by atoms with Crippen LogP contribution in [0.15, 0.2) is 18.2 Å². The summed E-state index contributed by atoms with van der Waals surface area (Å²) in [5.74, 6) is 0.638. The molecule has 1 fully saturated rings. The summed E-state index contributed by atoms with van der Waals surface area (Å²) in [6.07, 6.45) is 4.05. The molecule has 0 heterocycles. The van der Waals surface area contributed by atoms with E-state index in [1.165, 1.54) is 25.3 Å². The summed E-state index contributed by atoms with van der Waals surface area (Å²) in [7, 11) is 0. The van der Waals surface area contributed by atoms with Crippen LogP contribution in [0.2, 0.25) is 0 Å². The van der Waals surface area contributed by atoms with Gasteiger partial charge >= 0.3 is 0 Å². The Morgan fingerprint density at radius 1 is 1.41 bits per heavy atom. The standard InChI is InChI=1S/C14H21FN2/c1-2-17(9-11-4-3-5-11)10-12-8-13(15)6-7-14(12)16/h6-8,11H,2-5,9-10,16H2,1H3. The summed E-state index contributed by atoms with van der Waals surface area (Å²) < 4.78 is 13.2. The maximum atomic E-state index is 13.2. The molecule has 0 saturated heterocycles. The highest BCUT2D eigenvalue weighted by Gasteiger charge is 2.20. The van der Waals surface area contributed by atoms with E-state index in [4.69, 9.17) is 5.73 Å². The lowest BCUT2D eigenvalue weighted by Gasteiger charge is -2.32. The fraction of sp³-hybridized carbons (Fsp3) is 0.571. The number of nitrogens with zero attached hydrogens (tertiary/aromatic N) is 1. The number of hydrogen-bond donors (Lipinski definition) is 1. The van der Waals surface area contributed by atoms with Gasteiger partial charge in [0.2, 0.25) is 0 Å². The molecule has 1 aliphatic rings. The minimum absolute atomic E-state index is 0.200. The van der Waals surface area contributed by atoms with Gasteiger partial charge < -0.3 is 5.73 Å². The number of hydrogen-bond acceptors (Lipinski definition) is 2. The maximum Gasteiger partial charge on any atom is 0.123 e. The molecule has 1 aromatic rings. The van der Waals surface area contributed by atoms with Crippen LogP contribution in [0.25, 0.3) is 0 Å². The van der Waals surface area contributed by atoms with E-state index in [0.29, 0.717) is 5.69 Å². The number of nitrogen functional groups attached to an aromatic ring is 1. The van der Waals surface area contributed by atoms with Crippen LogP contribution in [0.1, 0.15) is 31.7 Å². The van der Waals surface area contributed by atoms with Crippen LogP contribution in [-0.2, 0) is 6.54 Å². The van der Waals surface area contributed by atoms with E-state index >= 15 is 0 Å². The summed E-state index contributed by atoms with van der Waals surface area (Å²) in [5.41, 5.74) is 7.48. The molecule has 2 rings (SSSR count). The predicted molar refractivity (Wildman–Crippen MR) is 69.1 cm³/mol. The lowest BCUT2D eigenvalue weighted by Crippen LogP contribution is -2.32. The van der Waals surface area contributed by atoms with Crippen LogP contribution in [0.3, 0.4) is 0 Å². The van der Waals surface area contributed by atoms with E-state index in [-0.39, 0.29) is 5.82 Å². The molecule has 3 heteroatoms. The van der Waals surface area contributed by atoms with Gasteiger partial charge in [-0.25, -0.2) is 4.39 Å². The molecule has 94 valence electrons. The van der Waals surface area contributed by atoms with Gasteiger partial charge in [-0.15, -0.1) is 0 Å². The van der Waals surface area contributed by atoms with Crippen molar-refractivity contribution in [3.63, 3.8) is 0 Å². The van der Waals surface area contributed by atoms with Crippen LogP contribution in [0.4, 0.5) is 10.1 Å². The molecule has 0 radical (unpaired) electrons. The Labute approximate surface area is 103 Å². The van der Waals surface area contributed by atoms with Gasteiger partial charge in [0.25, 0.3) is 0 Å². The quantitative estimate of drug-likeness (QED) is 0.796. The van der Waals surface area contributed by atoms with Crippen molar-refractivity contribution in [1.29, 1.82) is 0 Å². The molecular formula is C14H21FN2. The van der Waals surface area contributed by atoms with E-state index in [1.54, 1.807) is 12.1 Å². The second-order valence-electron chi connectivity index (χ2n) is 4.97. The Kier molecular flexibility index (Phi) is 4.00. The third-order valence-corrected chi connectivity index (χ3v) is 3.69. The minimum Gasteiger partial charge on any atom is -0.398 e. The third-order valence-electron chi connectivity index (χ3n) is 3.69. The van der Waals surface area contributed by atoms with Crippen LogP contribution < -0.4 is 5.73 Å². The van der Waals surface area contributed by atoms with Gasteiger partial charge in [0.1, 0.15) is 5.82 Å². The first-order chi connectivity index (χ1) is 8.19. The average molecular weight is 236 g/mol. The van der Waals surface area contributed by atoms with Crippen LogP contribution in [0.5, 0.6) is 0 Å². The molecular weight excluding hydrogens is 215 g/mol. The minimum atomic E-state index is -0.200. The van der Waals surface area contributed by atoms with E-state index in [2.05, 4.69) is 11.8 Å². The van der Waals surface area contributed by atoms with Crippen molar-refractivity contribution in [1.82, 2.24) is 4.90 Å². The summed E-state index contributed by atoms with van der Waals surface area (Å²) in [6, 6.07) is 4.63. The molecule has 0 unspecified atom stereocenters. The Morgan fingerprint density at radius 3 is 2.76 bits per heavy atom. The Balaban J connectivity index is 1.98. The Bertz CT molecular complexity index is 374. The molecule has 0 amide bonds. The van der Waals surface area contributed by atoms with Gasteiger partial charge in [-0.2, -0.15) is 0 Å². The fourth-order valence-electron chi connectivity index (χ4n) is 2.30. The molecule has 1 saturated carbocycles. The predicted octanol–water partition coefficient (Wildman–Crippen LogP) is 3.03. The van der Waals surface area contributed by atoms with E-state index in [9.17, 15) is 4.39 Å². The highest BCUT2D eigenvalue weighted by Crippen LogP contribution is 2.28. The summed E-state index contributed by atoms with van der Waals surface area (Å²) in [4.78, 5) is 2.36. The molecule has 0 aliphatic heterocycles. The molecule has 2 N–H and O–H groups in total. The van der Waals surface area contributed by atoms with Gasteiger partial charge in [-0.3, -0.25) is 4.90 Å². The lowest BCUT2D eigenvalue weighted by atomic mass is 9.85. The van der Waals surface area contributed by atoms with Crippen molar-refractivity contribution in [3.8, 4) is 0 Å². The SMILES string of the molecule is CCN(Cc1cc(F)ccc1N)CC1CCC1. The average Bonchev–Trinajstić information content (AvgIpc) is 2.26. The number of benzene rings is 1. The van der Waals surface area contributed by atoms with Gasteiger partial charge in [0.15, 0.2) is 0 Å². The van der Waals surface area contributed by atoms with Gasteiger partial charge in [0.05, 0.1) is 0 Å². The second-order valence-corrected chi connectivity index (χ2v) is 4.97. The van der Waals surface area contributed by atoms with E-state index < -0.39 is 0 Å². The molecule has 1 aromatic carbocycles. The first-order valence-electron chi connectivity index (χ1n) is 6.45. The number of rotatable bonds is 5. The monoisotopic (exact) mass is 236 g/mol. The van der Waals surface area contributed by atoms with Gasteiger partial charge in [-0.1, -0.05) is 13.3 Å². The summed E-state index contributed by atoms with van der Waals surface area (Å²) in [5, 5.41) is 0. The summed E-state index contributed by atoms with van der Waals surface area (Å²) in [6.45, 7) is 5.02. The zero-order chi connectivity index (χ0) is 12.3. The van der Waals surface area contributed by atoms with Crippen molar-refractivity contribution < 1.29 is 4.39 Å². The van der Waals surface area contributed by atoms with Gasteiger partial charge in [0, 0.05) is 18.8 Å². The molecule has 0 spiro atoms. The molecule has 17 heavy (non-hydrogen) atoms. The van der Waals surface area contributed by atoms with Crippen molar-refractivity contribution in [2.24, 2.45) is 5.92 Å². The van der Waals surface area contributed by atoms with Crippen LogP contribution >= 0.6 is 0 Å². The second kappa shape index (κ2) is 5.50. The number of halogens is 1. The van der Waals surface area contributed by atoms with Crippen molar-refractivity contribution in [2.75, 3.05) is 18.8 Å². The molecule has 1 aliphatic carbocycles. The highest BCUT2D eigenvalue weighted by atomic mass is 19.1. The van der Waals surface area contributed by atoms with Crippen LogP contribution in [0, 0.1) is 11.7 Å². The van der Waals surface area contributed by atoms with Crippen LogP contribution in [-0.4, -0.2) is 18.0 Å². The van der Waals surface area contributed by atoms with Crippen molar-refractivity contribution in [2.45, 2.75) is 32.7 Å². The lowest BCUT2D eigenvalue weighted by molar-refractivity contribution is 0.178. The summed E-state index contributed by atoms with van der Waals surface area (Å²) >= 11 is 0. The van der Waals surface area contributed by atoms with Crippen molar-refractivity contribution in [3.05, 3.63) is 29.6 Å². The number of anilines is 1. The zero-order valence-electron chi connectivity index (χ0n) is 10.5. The zero-order valence-corrected chi connectivity index (χ0v) is 10.5. The van der Waals surface area contributed by atoms with Crippen molar-refractivity contribution >= 4 is 5.69 Å². The largest absolute Gasteiger partial charge is 0.398 e. The normalized spacial score (nSPS) is 16.2. The Hall–Kier alpha value is -1.09. The third kappa shape index (κ3) is 3.19. The first-order valence-corrected chi connectivity index (χ1v) is 6.45. The molecule has 2 nitrogen and oxygen atoms in total. The van der Waals surface area contributed by atoms with Gasteiger partial charge in [-0.05, 0) is 49.1 Å². The molecule has 0 aromatic heterocycles.